The van der Waals surface area contributed by atoms with Gasteiger partial charge in [0.2, 0.25) is 17.7 Å². The summed E-state index contributed by atoms with van der Waals surface area (Å²) < 4.78 is 32.8. The second kappa shape index (κ2) is 54.8. The number of carbonyl (C=O) groups excluding carboxylic acids is 3. The summed E-state index contributed by atoms with van der Waals surface area (Å²) in [7, 11) is 7.47. The number of hydrogen-bond donors (Lipinski definition) is 6. The molecule has 6 N–H and O–H groups in total. The molecule has 80 heavy (non-hydrogen) atoms. The molecule has 0 spiro atoms. The molecule has 0 heterocycles. The minimum absolute atomic E-state index is 0. The number of quaternary nitrogens is 3. The smallest absolute Gasteiger partial charge is 0.475 e. The van der Waals surface area contributed by atoms with Gasteiger partial charge in [0.15, 0.2) is 0 Å². The third-order valence-electron chi connectivity index (χ3n) is 14.7. The van der Waals surface area contributed by atoms with Gasteiger partial charge < -0.3 is 81.9 Å². The van der Waals surface area contributed by atoms with Crippen LogP contribution in [0, 0.1) is 0 Å². The number of hydrogen-bond acceptors (Lipinski definition) is 10. The second-order valence-electron chi connectivity index (χ2n) is 24.7. The molecular formula is C60H126Cl3N6O10P. The van der Waals surface area contributed by atoms with Crippen molar-refractivity contribution in [1.82, 2.24) is 16.0 Å². The molecule has 0 fully saturated rings. The zero-order chi connectivity index (χ0) is 57.5. The summed E-state index contributed by atoms with van der Waals surface area (Å²) in [6, 6.07) is 0. The SMILES string of the molecule is CCCCCCCCCCCC(=O)NCCC[N+](C)(C)CC(O)COP(=O)(OCC(O)C[N+](C)(C)CCCNC(=O)CCCCCCCCCCC)OCC(O)C[N+](C)(C)CCCNC(=O)CCCCCCCCCCC.[Cl-].[Cl-].[Cl-]. The average Bonchev–Trinajstić information content (AvgIpc) is 3.36. The van der Waals surface area contributed by atoms with Crippen LogP contribution < -0.4 is 53.2 Å². The molecule has 0 aliphatic heterocycles. The molecule has 0 bridgehead atoms. The van der Waals surface area contributed by atoms with E-state index in [9.17, 15) is 34.3 Å². The summed E-state index contributed by atoms with van der Waals surface area (Å²) >= 11 is 0. The van der Waals surface area contributed by atoms with Gasteiger partial charge in [0.05, 0.1) is 81.7 Å². The lowest BCUT2D eigenvalue weighted by Crippen LogP contribution is -3.00. The van der Waals surface area contributed by atoms with Gasteiger partial charge in [-0.1, -0.05) is 175 Å². The molecule has 3 unspecified atom stereocenters. The number of likely N-dealkylation sites (N-methyl/N-ethyl adjacent to an activating group) is 3. The number of phosphoric acid groups is 1. The van der Waals surface area contributed by atoms with Crippen molar-refractivity contribution in [3.63, 3.8) is 0 Å². The Bertz CT molecular complexity index is 1330. The zero-order valence-electron chi connectivity index (χ0n) is 52.7. The summed E-state index contributed by atoms with van der Waals surface area (Å²) in [4.78, 5) is 37.4. The molecule has 0 saturated heterocycles. The molecule has 20 heteroatoms. The zero-order valence-corrected chi connectivity index (χ0v) is 55.8. The Hall–Kier alpha value is -0.850. The highest BCUT2D eigenvalue weighted by atomic mass is 35.5. The first-order valence-electron chi connectivity index (χ1n) is 31.5. The number of aliphatic hydroxyl groups excluding tert-OH is 3. The normalized spacial score (nSPS) is 13.8. The van der Waals surface area contributed by atoms with Crippen molar-refractivity contribution < 1.29 is 98.5 Å². The Morgan fingerprint density at radius 1 is 0.362 bits per heavy atom. The van der Waals surface area contributed by atoms with Crippen LogP contribution in [0.1, 0.15) is 233 Å². The molecule has 3 atom stereocenters. The van der Waals surface area contributed by atoms with E-state index in [-0.39, 0.29) is 94.4 Å². The van der Waals surface area contributed by atoms with E-state index in [1.54, 1.807) is 0 Å². The maximum absolute atomic E-state index is 14.2. The van der Waals surface area contributed by atoms with E-state index in [0.29, 0.717) is 72.0 Å². The van der Waals surface area contributed by atoms with Crippen molar-refractivity contribution in [2.24, 2.45) is 0 Å². The lowest BCUT2D eigenvalue weighted by Gasteiger charge is -2.33. The number of halogens is 3. The fourth-order valence-corrected chi connectivity index (χ4v) is 11.3. The molecule has 482 valence electrons. The Morgan fingerprint density at radius 3 is 0.775 bits per heavy atom. The monoisotopic (exact) mass is 1230 g/mol. The Labute approximate surface area is 509 Å². The lowest BCUT2D eigenvalue weighted by molar-refractivity contribution is -0.893. The summed E-state index contributed by atoms with van der Waals surface area (Å²) in [5.41, 5.74) is 0. The Balaban J connectivity index is -0.00000963. The first-order valence-corrected chi connectivity index (χ1v) is 33.0. The highest BCUT2D eigenvalue weighted by molar-refractivity contribution is 7.48. The molecule has 0 aromatic heterocycles. The number of carbonyl (C=O) groups is 3. The third kappa shape index (κ3) is 56.3. The maximum Gasteiger partial charge on any atom is 0.475 e. The molecule has 16 nitrogen and oxygen atoms in total. The fourth-order valence-electron chi connectivity index (χ4n) is 10.0. The third-order valence-corrected chi connectivity index (χ3v) is 16.1. The van der Waals surface area contributed by atoms with Crippen LogP contribution >= 0.6 is 7.82 Å². The number of phosphoric ester groups is 1. The van der Waals surface area contributed by atoms with Gasteiger partial charge in [0.1, 0.15) is 37.9 Å². The molecule has 0 saturated carbocycles. The van der Waals surface area contributed by atoms with Crippen molar-refractivity contribution in [2.75, 3.05) is 121 Å². The van der Waals surface area contributed by atoms with Gasteiger partial charge in [-0.05, 0) is 19.3 Å². The predicted molar refractivity (Wildman–Crippen MR) is 317 cm³/mol. The summed E-state index contributed by atoms with van der Waals surface area (Å²) in [6.45, 7) is 10.1. The van der Waals surface area contributed by atoms with Crippen LogP contribution in [0.15, 0.2) is 0 Å². The standard InChI is InChI=1S/C60H123N6O10P.3ClH/c1-10-13-16-19-22-25-28-31-34-40-58(70)61-43-37-46-64(4,5)49-55(67)52-74-77(73,75-53-56(68)50-65(6,7)47-38-44-62-59(71)41-35-32-29-26-23-20-17-14-11-2)76-54-57(69)51-66(8,9)48-39-45-63-60(72)42-36-33-30-27-24-21-18-15-12-3;;;/h55-57,67-69H,10-54H2,1-9H3;3*1H. The Kier molecular flexibility index (Phi) is 58.6. The van der Waals surface area contributed by atoms with E-state index < -0.39 is 26.1 Å². The summed E-state index contributed by atoms with van der Waals surface area (Å²) in [6.07, 6.45) is 33.3. The van der Waals surface area contributed by atoms with Crippen molar-refractivity contribution in [2.45, 2.75) is 251 Å². The van der Waals surface area contributed by atoms with Gasteiger partial charge in [0, 0.05) is 58.2 Å². The molecular weight excluding hydrogens is 1100 g/mol. The molecule has 0 aromatic rings. The number of aliphatic hydroxyl groups is 3. The second-order valence-corrected chi connectivity index (χ2v) is 26.3. The minimum Gasteiger partial charge on any atom is -1.00 e. The van der Waals surface area contributed by atoms with E-state index in [2.05, 4.69) is 36.7 Å². The van der Waals surface area contributed by atoms with Gasteiger partial charge in [0.25, 0.3) is 0 Å². The molecule has 3 amide bonds. The first kappa shape index (κ1) is 85.6. The van der Waals surface area contributed by atoms with Crippen LogP contribution in [0.5, 0.6) is 0 Å². The first-order chi connectivity index (χ1) is 36.7. The fraction of sp³-hybridized carbons (Fsp3) is 0.950. The minimum atomic E-state index is -4.40. The van der Waals surface area contributed by atoms with Crippen LogP contribution in [0.3, 0.4) is 0 Å². The quantitative estimate of drug-likeness (QED) is 0.0297. The van der Waals surface area contributed by atoms with Crippen molar-refractivity contribution in [1.29, 1.82) is 0 Å². The van der Waals surface area contributed by atoms with Gasteiger partial charge in [-0.25, -0.2) is 4.57 Å². The van der Waals surface area contributed by atoms with Crippen LogP contribution in [-0.4, -0.2) is 186 Å². The van der Waals surface area contributed by atoms with Crippen molar-refractivity contribution >= 4 is 25.5 Å². The van der Waals surface area contributed by atoms with Gasteiger partial charge in [-0.15, -0.1) is 0 Å². The van der Waals surface area contributed by atoms with E-state index in [1.165, 1.54) is 135 Å². The number of rotatable bonds is 57. The van der Waals surface area contributed by atoms with E-state index >= 15 is 0 Å². The number of amides is 3. The van der Waals surface area contributed by atoms with Gasteiger partial charge in [-0.3, -0.25) is 28.0 Å². The molecule has 0 radical (unpaired) electrons. The molecule has 0 rings (SSSR count). The number of unbranched alkanes of at least 4 members (excludes halogenated alkanes) is 24. The van der Waals surface area contributed by atoms with E-state index in [0.717, 1.165) is 57.8 Å². The average molecular weight is 1230 g/mol. The van der Waals surface area contributed by atoms with E-state index in [1.807, 2.05) is 42.3 Å². The highest BCUT2D eigenvalue weighted by Gasteiger charge is 2.34. The van der Waals surface area contributed by atoms with Gasteiger partial charge in [-0.2, -0.15) is 0 Å². The van der Waals surface area contributed by atoms with Crippen LogP contribution in [0.4, 0.5) is 0 Å². The van der Waals surface area contributed by atoms with Crippen molar-refractivity contribution in [3.8, 4) is 0 Å². The topological polar surface area (TPSA) is 193 Å². The van der Waals surface area contributed by atoms with Crippen LogP contribution in [0.25, 0.3) is 0 Å². The van der Waals surface area contributed by atoms with Gasteiger partial charge >= 0.3 is 7.82 Å². The lowest BCUT2D eigenvalue weighted by atomic mass is 10.1. The number of nitrogens with zero attached hydrogens (tertiary/aromatic N) is 3. The Morgan fingerprint density at radius 2 is 0.562 bits per heavy atom. The molecule has 0 aromatic carbocycles. The highest BCUT2D eigenvalue weighted by Crippen LogP contribution is 2.50. The van der Waals surface area contributed by atoms with Crippen LogP contribution in [0.2, 0.25) is 0 Å². The number of nitrogens with one attached hydrogen (secondary N) is 3. The summed E-state index contributed by atoms with van der Waals surface area (Å²) in [5, 5.41) is 42.6. The summed E-state index contributed by atoms with van der Waals surface area (Å²) in [5.74, 6) is 0.216. The molecule has 0 aliphatic rings. The largest absolute Gasteiger partial charge is 1.00 e. The van der Waals surface area contributed by atoms with Crippen LogP contribution in [-0.2, 0) is 32.5 Å². The van der Waals surface area contributed by atoms with Crippen molar-refractivity contribution in [3.05, 3.63) is 0 Å². The molecule has 0 aliphatic carbocycles. The van der Waals surface area contributed by atoms with E-state index in [4.69, 9.17) is 13.6 Å². The predicted octanol–water partition coefficient (Wildman–Crippen LogP) is 1.75. The maximum atomic E-state index is 14.2.